The number of rotatable bonds is 3. The van der Waals surface area contributed by atoms with Crippen LogP contribution >= 0.6 is 15.9 Å². The molecular weight excluding hydrogens is 232 g/mol. The van der Waals surface area contributed by atoms with E-state index in [2.05, 4.69) is 15.9 Å². The maximum absolute atomic E-state index is 5.21. The lowest BCUT2D eigenvalue weighted by atomic mass is 10.1. The van der Waals surface area contributed by atoms with Gasteiger partial charge in [-0.05, 0) is 30.2 Å². The fourth-order valence-corrected chi connectivity index (χ4v) is 1.79. The zero-order chi connectivity index (χ0) is 9.84. The third kappa shape index (κ3) is 2.23. The van der Waals surface area contributed by atoms with Gasteiger partial charge in [-0.2, -0.15) is 0 Å². The lowest BCUT2D eigenvalue weighted by molar-refractivity contribution is 0.183. The largest absolute Gasteiger partial charge is 0.496 e. The second kappa shape index (κ2) is 4.63. The molecule has 0 atom stereocenters. The number of methoxy groups -OCH3 is 2. The lowest BCUT2D eigenvalue weighted by Crippen LogP contribution is -1.96. The van der Waals surface area contributed by atoms with Crippen molar-refractivity contribution in [3.63, 3.8) is 0 Å². The first kappa shape index (κ1) is 10.5. The van der Waals surface area contributed by atoms with Crippen molar-refractivity contribution in [1.29, 1.82) is 0 Å². The van der Waals surface area contributed by atoms with E-state index in [-0.39, 0.29) is 0 Å². The van der Waals surface area contributed by atoms with Crippen LogP contribution in [0.2, 0.25) is 0 Å². The van der Waals surface area contributed by atoms with E-state index in [1.807, 2.05) is 19.1 Å². The minimum Gasteiger partial charge on any atom is -0.496 e. The molecule has 2 nitrogen and oxygen atoms in total. The smallest absolute Gasteiger partial charge is 0.122 e. The SMILES string of the molecule is COCc1c(Br)ccc(OC)c1C. The van der Waals surface area contributed by atoms with Crippen LogP contribution < -0.4 is 4.74 Å². The van der Waals surface area contributed by atoms with Crippen molar-refractivity contribution >= 4 is 15.9 Å². The van der Waals surface area contributed by atoms with Gasteiger partial charge in [-0.3, -0.25) is 0 Å². The highest BCUT2D eigenvalue weighted by molar-refractivity contribution is 9.10. The summed E-state index contributed by atoms with van der Waals surface area (Å²) in [6.45, 7) is 2.63. The van der Waals surface area contributed by atoms with E-state index in [1.165, 1.54) is 0 Å². The molecule has 0 aliphatic heterocycles. The van der Waals surface area contributed by atoms with Gasteiger partial charge in [0.05, 0.1) is 13.7 Å². The predicted molar refractivity (Wildman–Crippen MR) is 56.1 cm³/mol. The topological polar surface area (TPSA) is 18.5 Å². The Hall–Kier alpha value is -0.540. The van der Waals surface area contributed by atoms with E-state index in [0.29, 0.717) is 6.61 Å². The van der Waals surface area contributed by atoms with E-state index < -0.39 is 0 Å². The normalized spacial score (nSPS) is 10.2. The van der Waals surface area contributed by atoms with Gasteiger partial charge < -0.3 is 9.47 Å². The summed E-state index contributed by atoms with van der Waals surface area (Å²) in [6.07, 6.45) is 0. The molecule has 13 heavy (non-hydrogen) atoms. The third-order valence-corrected chi connectivity index (χ3v) is 2.74. The Kier molecular flexibility index (Phi) is 3.75. The van der Waals surface area contributed by atoms with Crippen molar-refractivity contribution in [2.45, 2.75) is 13.5 Å². The number of benzene rings is 1. The van der Waals surface area contributed by atoms with Gasteiger partial charge in [0.2, 0.25) is 0 Å². The highest BCUT2D eigenvalue weighted by Crippen LogP contribution is 2.28. The van der Waals surface area contributed by atoms with Crippen molar-refractivity contribution in [2.75, 3.05) is 14.2 Å². The molecule has 0 aliphatic rings. The molecule has 0 saturated carbocycles. The van der Waals surface area contributed by atoms with Gasteiger partial charge in [0.1, 0.15) is 5.75 Å². The molecule has 0 bridgehead atoms. The second-order valence-electron chi connectivity index (χ2n) is 2.79. The minimum atomic E-state index is 0.601. The summed E-state index contributed by atoms with van der Waals surface area (Å²) in [5.41, 5.74) is 2.26. The molecule has 3 heteroatoms. The van der Waals surface area contributed by atoms with Crippen LogP contribution in [0.15, 0.2) is 16.6 Å². The van der Waals surface area contributed by atoms with Gasteiger partial charge in [0.25, 0.3) is 0 Å². The summed E-state index contributed by atoms with van der Waals surface area (Å²) >= 11 is 3.48. The van der Waals surface area contributed by atoms with Crippen LogP contribution in [0.25, 0.3) is 0 Å². The van der Waals surface area contributed by atoms with E-state index in [9.17, 15) is 0 Å². The van der Waals surface area contributed by atoms with Crippen LogP contribution in [0.3, 0.4) is 0 Å². The van der Waals surface area contributed by atoms with Crippen LogP contribution in [0.4, 0.5) is 0 Å². The number of hydrogen-bond acceptors (Lipinski definition) is 2. The standard InChI is InChI=1S/C10H13BrO2/c1-7-8(6-12-2)9(11)4-5-10(7)13-3/h4-5H,6H2,1-3H3. The van der Waals surface area contributed by atoms with Gasteiger partial charge in [0.15, 0.2) is 0 Å². The zero-order valence-electron chi connectivity index (χ0n) is 8.06. The Morgan fingerprint density at radius 2 is 2.00 bits per heavy atom. The zero-order valence-corrected chi connectivity index (χ0v) is 9.64. The maximum atomic E-state index is 5.21. The molecule has 0 N–H and O–H groups in total. The van der Waals surface area contributed by atoms with Crippen LogP contribution in [0.1, 0.15) is 11.1 Å². The molecule has 0 spiro atoms. The Morgan fingerprint density at radius 3 is 2.54 bits per heavy atom. The van der Waals surface area contributed by atoms with Crippen LogP contribution in [-0.2, 0) is 11.3 Å². The van der Waals surface area contributed by atoms with Crippen molar-refractivity contribution in [3.05, 3.63) is 27.7 Å². The molecule has 1 rings (SSSR count). The van der Waals surface area contributed by atoms with Crippen LogP contribution in [-0.4, -0.2) is 14.2 Å². The molecule has 1 aromatic carbocycles. The van der Waals surface area contributed by atoms with Crippen molar-refractivity contribution in [2.24, 2.45) is 0 Å². The van der Waals surface area contributed by atoms with Gasteiger partial charge >= 0.3 is 0 Å². The summed E-state index contributed by atoms with van der Waals surface area (Å²) in [6, 6.07) is 3.92. The first-order chi connectivity index (χ1) is 6.20. The molecular formula is C10H13BrO2. The van der Waals surface area contributed by atoms with Crippen LogP contribution in [0.5, 0.6) is 5.75 Å². The lowest BCUT2D eigenvalue weighted by Gasteiger charge is -2.11. The molecule has 0 saturated heterocycles. The first-order valence-corrected chi connectivity index (χ1v) is 4.81. The molecule has 0 radical (unpaired) electrons. The monoisotopic (exact) mass is 244 g/mol. The fourth-order valence-electron chi connectivity index (χ4n) is 1.24. The van der Waals surface area contributed by atoms with Crippen LogP contribution in [0, 0.1) is 6.92 Å². The van der Waals surface area contributed by atoms with Crippen molar-refractivity contribution < 1.29 is 9.47 Å². The Bertz CT molecular complexity index is 297. The van der Waals surface area contributed by atoms with E-state index in [4.69, 9.17) is 9.47 Å². The molecule has 0 aliphatic carbocycles. The van der Waals surface area contributed by atoms with E-state index >= 15 is 0 Å². The maximum Gasteiger partial charge on any atom is 0.122 e. The van der Waals surface area contributed by atoms with E-state index in [0.717, 1.165) is 21.3 Å². The van der Waals surface area contributed by atoms with Gasteiger partial charge in [0, 0.05) is 11.6 Å². The molecule has 0 unspecified atom stereocenters. The first-order valence-electron chi connectivity index (χ1n) is 4.01. The Labute approximate surface area is 87.0 Å². The van der Waals surface area contributed by atoms with Gasteiger partial charge in [-0.1, -0.05) is 15.9 Å². The van der Waals surface area contributed by atoms with Crippen molar-refractivity contribution in [1.82, 2.24) is 0 Å². The third-order valence-electron chi connectivity index (χ3n) is 2.00. The molecule has 72 valence electrons. The average molecular weight is 245 g/mol. The summed E-state index contributed by atoms with van der Waals surface area (Å²) in [7, 11) is 3.36. The summed E-state index contributed by atoms with van der Waals surface area (Å²) < 4.78 is 11.4. The van der Waals surface area contributed by atoms with E-state index in [1.54, 1.807) is 14.2 Å². The average Bonchev–Trinajstić information content (AvgIpc) is 2.12. The van der Waals surface area contributed by atoms with Gasteiger partial charge in [-0.25, -0.2) is 0 Å². The number of hydrogen-bond donors (Lipinski definition) is 0. The Morgan fingerprint density at radius 1 is 1.31 bits per heavy atom. The molecule has 0 heterocycles. The molecule has 1 aromatic rings. The quantitative estimate of drug-likeness (QED) is 0.815. The molecule has 0 aromatic heterocycles. The van der Waals surface area contributed by atoms with Crippen molar-refractivity contribution in [3.8, 4) is 5.75 Å². The molecule has 0 fully saturated rings. The highest BCUT2D eigenvalue weighted by atomic mass is 79.9. The number of ether oxygens (including phenoxy) is 2. The number of halogens is 1. The molecule has 0 amide bonds. The summed E-state index contributed by atoms with van der Waals surface area (Å²) in [5, 5.41) is 0. The Balaban J connectivity index is 3.13. The highest BCUT2D eigenvalue weighted by Gasteiger charge is 2.07. The predicted octanol–water partition coefficient (Wildman–Crippen LogP) is 2.91. The second-order valence-corrected chi connectivity index (χ2v) is 3.64. The van der Waals surface area contributed by atoms with Gasteiger partial charge in [-0.15, -0.1) is 0 Å². The minimum absolute atomic E-state index is 0.601. The summed E-state index contributed by atoms with van der Waals surface area (Å²) in [5.74, 6) is 0.898. The summed E-state index contributed by atoms with van der Waals surface area (Å²) in [4.78, 5) is 0. The fraction of sp³-hybridized carbons (Fsp3) is 0.400.